The first-order chi connectivity index (χ1) is 11.4. The largest absolute Gasteiger partial charge is 0.270 e. The van der Waals surface area contributed by atoms with Gasteiger partial charge in [-0.2, -0.15) is 10.2 Å². The Kier molecular flexibility index (Phi) is 5.56. The van der Waals surface area contributed by atoms with Gasteiger partial charge in [0.15, 0.2) is 0 Å². The number of nitro benzene ring substituents is 2. The average Bonchev–Trinajstić information content (AvgIpc) is 2.54. The van der Waals surface area contributed by atoms with Gasteiger partial charge in [-0.25, -0.2) is 0 Å². The summed E-state index contributed by atoms with van der Waals surface area (Å²) in [4.78, 5) is 20.3. The average molecular weight is 367 g/mol. The van der Waals surface area contributed by atoms with Crippen molar-refractivity contribution < 1.29 is 9.85 Å². The van der Waals surface area contributed by atoms with Crippen molar-refractivity contribution in [1.29, 1.82) is 0 Å². The normalized spacial score (nSPS) is 11.2. The molecule has 0 spiro atoms. The summed E-state index contributed by atoms with van der Waals surface area (Å²) >= 11 is 11.8. The zero-order chi connectivity index (χ0) is 17.7. The second-order valence-corrected chi connectivity index (χ2v) is 5.23. The minimum atomic E-state index is -0.556. The third-order valence-electron chi connectivity index (χ3n) is 2.84. The van der Waals surface area contributed by atoms with Crippen LogP contribution in [0.2, 0.25) is 10.0 Å². The van der Waals surface area contributed by atoms with E-state index in [4.69, 9.17) is 23.2 Å². The monoisotopic (exact) mass is 366 g/mol. The van der Waals surface area contributed by atoms with Gasteiger partial charge >= 0.3 is 0 Å². The lowest BCUT2D eigenvalue weighted by Crippen LogP contribution is -1.91. The lowest BCUT2D eigenvalue weighted by Gasteiger charge is -1.97. The molecule has 0 saturated carbocycles. The van der Waals surface area contributed by atoms with E-state index in [0.717, 1.165) is 0 Å². The smallest absolute Gasteiger partial charge is 0.258 e. The molecule has 0 aromatic heterocycles. The zero-order valence-corrected chi connectivity index (χ0v) is 13.3. The summed E-state index contributed by atoms with van der Waals surface area (Å²) in [6, 6.07) is 7.80. The SMILES string of the molecule is O=[N+]([O-])c1ccc(Cl)c(C=NN=Cc2cc([N+](=O)[O-])ccc2Cl)c1. The highest BCUT2D eigenvalue weighted by molar-refractivity contribution is 6.33. The molecule has 0 atom stereocenters. The standard InChI is InChI=1S/C14H8Cl2N4O4/c15-13-3-1-11(19(21)22)5-9(13)7-17-18-8-10-6-12(20(23)24)2-4-14(10)16/h1-8H. The van der Waals surface area contributed by atoms with Crippen molar-refractivity contribution in [2.75, 3.05) is 0 Å². The zero-order valence-electron chi connectivity index (χ0n) is 11.8. The van der Waals surface area contributed by atoms with Gasteiger partial charge in [0.2, 0.25) is 0 Å². The molecule has 0 unspecified atom stereocenters. The Morgan fingerprint density at radius 2 is 1.17 bits per heavy atom. The van der Waals surface area contributed by atoms with Gasteiger partial charge in [0.05, 0.1) is 22.3 Å². The molecular weight excluding hydrogens is 359 g/mol. The van der Waals surface area contributed by atoms with Crippen molar-refractivity contribution in [1.82, 2.24) is 0 Å². The second kappa shape index (κ2) is 7.62. The molecule has 2 rings (SSSR count). The highest BCUT2D eigenvalue weighted by atomic mass is 35.5. The van der Waals surface area contributed by atoms with Crippen LogP contribution in [0.5, 0.6) is 0 Å². The molecule has 0 bridgehead atoms. The first-order valence-electron chi connectivity index (χ1n) is 6.33. The van der Waals surface area contributed by atoms with Crippen molar-refractivity contribution in [2.45, 2.75) is 0 Å². The predicted octanol–water partition coefficient (Wildman–Crippen LogP) is 4.26. The summed E-state index contributed by atoms with van der Waals surface area (Å²) in [7, 11) is 0. The molecule has 0 N–H and O–H groups in total. The maximum absolute atomic E-state index is 10.7. The molecule has 0 aliphatic carbocycles. The molecule has 10 heteroatoms. The van der Waals surface area contributed by atoms with E-state index in [1.54, 1.807) is 0 Å². The van der Waals surface area contributed by atoms with Crippen LogP contribution in [0.15, 0.2) is 46.6 Å². The molecule has 0 saturated heterocycles. The van der Waals surface area contributed by atoms with Gasteiger partial charge in [-0.1, -0.05) is 23.2 Å². The summed E-state index contributed by atoms with van der Waals surface area (Å²) in [6.07, 6.45) is 2.47. The second-order valence-electron chi connectivity index (χ2n) is 4.41. The number of nitrogens with zero attached hydrogens (tertiary/aromatic N) is 4. The van der Waals surface area contributed by atoms with Crippen LogP contribution in [0.4, 0.5) is 11.4 Å². The molecule has 0 aliphatic rings. The van der Waals surface area contributed by atoms with E-state index in [1.165, 1.54) is 48.8 Å². The predicted molar refractivity (Wildman–Crippen MR) is 91.4 cm³/mol. The van der Waals surface area contributed by atoms with Gasteiger partial charge in [0.1, 0.15) is 0 Å². The number of benzene rings is 2. The Labute approximate surface area is 145 Å². The maximum atomic E-state index is 10.7. The Morgan fingerprint density at radius 3 is 1.50 bits per heavy atom. The van der Waals surface area contributed by atoms with Crippen LogP contribution < -0.4 is 0 Å². The van der Waals surface area contributed by atoms with Crippen LogP contribution in [0.3, 0.4) is 0 Å². The molecule has 0 amide bonds. The number of rotatable bonds is 5. The van der Waals surface area contributed by atoms with Gasteiger partial charge in [0, 0.05) is 45.4 Å². The van der Waals surface area contributed by atoms with Gasteiger partial charge in [0.25, 0.3) is 11.4 Å². The number of hydrogen-bond donors (Lipinski definition) is 0. The van der Waals surface area contributed by atoms with E-state index in [-0.39, 0.29) is 21.4 Å². The molecule has 122 valence electrons. The summed E-state index contributed by atoms with van der Waals surface area (Å²) in [5, 5.41) is 29.4. The lowest BCUT2D eigenvalue weighted by atomic mass is 10.2. The third kappa shape index (κ3) is 4.34. The van der Waals surface area contributed by atoms with Crippen molar-refractivity contribution in [3.8, 4) is 0 Å². The number of non-ortho nitro benzene ring substituents is 2. The van der Waals surface area contributed by atoms with E-state index < -0.39 is 9.85 Å². The van der Waals surface area contributed by atoms with E-state index in [0.29, 0.717) is 11.1 Å². The topological polar surface area (TPSA) is 111 Å². The molecule has 8 nitrogen and oxygen atoms in total. The molecule has 2 aromatic rings. The highest BCUT2D eigenvalue weighted by Crippen LogP contribution is 2.21. The fourth-order valence-electron chi connectivity index (χ4n) is 1.68. The molecule has 2 aromatic carbocycles. The molecule has 0 heterocycles. The minimum Gasteiger partial charge on any atom is -0.258 e. The van der Waals surface area contributed by atoms with Crippen LogP contribution in [0.1, 0.15) is 11.1 Å². The minimum absolute atomic E-state index is 0.133. The van der Waals surface area contributed by atoms with Crippen LogP contribution in [-0.4, -0.2) is 22.3 Å². The fourth-order valence-corrected chi connectivity index (χ4v) is 2.01. The van der Waals surface area contributed by atoms with Crippen LogP contribution in [0.25, 0.3) is 0 Å². The molecule has 24 heavy (non-hydrogen) atoms. The van der Waals surface area contributed by atoms with Gasteiger partial charge in [-0.05, 0) is 12.1 Å². The molecule has 0 fully saturated rings. The van der Waals surface area contributed by atoms with Crippen molar-refractivity contribution in [2.24, 2.45) is 10.2 Å². The summed E-state index contributed by atoms with van der Waals surface area (Å²) < 4.78 is 0. The summed E-state index contributed by atoms with van der Waals surface area (Å²) in [5.41, 5.74) is 0.361. The van der Waals surface area contributed by atoms with E-state index in [9.17, 15) is 20.2 Å². The van der Waals surface area contributed by atoms with Crippen molar-refractivity contribution in [3.63, 3.8) is 0 Å². The van der Waals surface area contributed by atoms with Crippen molar-refractivity contribution >= 4 is 47.0 Å². The Bertz CT molecular complexity index is 796. The fraction of sp³-hybridized carbons (Fsp3) is 0. The first-order valence-corrected chi connectivity index (χ1v) is 7.08. The van der Waals surface area contributed by atoms with Crippen LogP contribution in [0, 0.1) is 20.2 Å². The molecule has 0 aliphatic heterocycles. The first kappa shape index (κ1) is 17.5. The Balaban J connectivity index is 2.21. The number of halogens is 2. The third-order valence-corrected chi connectivity index (χ3v) is 3.53. The number of hydrogen-bond acceptors (Lipinski definition) is 6. The Morgan fingerprint density at radius 1 is 0.792 bits per heavy atom. The van der Waals surface area contributed by atoms with E-state index in [2.05, 4.69) is 10.2 Å². The highest BCUT2D eigenvalue weighted by Gasteiger charge is 2.09. The van der Waals surface area contributed by atoms with Crippen molar-refractivity contribution in [3.05, 3.63) is 77.8 Å². The van der Waals surface area contributed by atoms with Gasteiger partial charge < -0.3 is 0 Å². The summed E-state index contributed by atoms with van der Waals surface area (Å²) in [6.45, 7) is 0. The Hall–Kier alpha value is -2.84. The quantitative estimate of drug-likeness (QED) is 0.446. The number of nitro groups is 2. The lowest BCUT2D eigenvalue weighted by molar-refractivity contribution is -0.385. The van der Waals surface area contributed by atoms with Crippen LogP contribution >= 0.6 is 23.2 Å². The molecule has 0 radical (unpaired) electrons. The summed E-state index contributed by atoms with van der Waals surface area (Å²) in [5.74, 6) is 0. The van der Waals surface area contributed by atoms with E-state index in [1.807, 2.05) is 0 Å². The van der Waals surface area contributed by atoms with Gasteiger partial charge in [-0.3, -0.25) is 20.2 Å². The van der Waals surface area contributed by atoms with Gasteiger partial charge in [-0.15, -0.1) is 0 Å². The maximum Gasteiger partial charge on any atom is 0.270 e. The van der Waals surface area contributed by atoms with Crippen LogP contribution in [-0.2, 0) is 0 Å². The van der Waals surface area contributed by atoms with E-state index >= 15 is 0 Å². The molecular formula is C14H8Cl2N4O4.